The lowest BCUT2D eigenvalue weighted by Crippen LogP contribution is -2.37. The van der Waals surface area contributed by atoms with Crippen LogP contribution in [0.5, 0.6) is 0 Å². The predicted octanol–water partition coefficient (Wildman–Crippen LogP) is 3.50. The molecule has 0 unspecified atom stereocenters. The van der Waals surface area contributed by atoms with Crippen LogP contribution in [0, 0.1) is 5.41 Å². The van der Waals surface area contributed by atoms with Gasteiger partial charge in [0.2, 0.25) is 0 Å². The van der Waals surface area contributed by atoms with E-state index in [1.54, 1.807) is 6.07 Å². The molecule has 0 saturated heterocycles. The van der Waals surface area contributed by atoms with Crippen molar-refractivity contribution in [2.45, 2.75) is 45.6 Å². The van der Waals surface area contributed by atoms with E-state index in [1.807, 2.05) is 6.07 Å². The first-order valence-electron chi connectivity index (χ1n) is 6.30. The first-order chi connectivity index (χ1) is 8.02. The molecule has 1 aromatic rings. The second-order valence-electron chi connectivity index (χ2n) is 5.80. The van der Waals surface area contributed by atoms with Crippen molar-refractivity contribution in [1.82, 2.24) is 0 Å². The number of hydrogen-bond donors (Lipinski definition) is 0. The monoisotopic (exact) mass is 235 g/mol. The molecule has 3 heteroatoms. The molecule has 1 fully saturated rings. The van der Waals surface area contributed by atoms with Gasteiger partial charge in [0.15, 0.2) is 17.9 Å². The summed E-state index contributed by atoms with van der Waals surface area (Å²) in [5.74, 6) is 1.21. The van der Waals surface area contributed by atoms with Crippen LogP contribution in [0.3, 0.4) is 0 Å². The van der Waals surface area contributed by atoms with Crippen LogP contribution in [0.25, 0.3) is 0 Å². The summed E-state index contributed by atoms with van der Waals surface area (Å²) < 4.78 is 5.46. The van der Waals surface area contributed by atoms with E-state index in [0.29, 0.717) is 17.2 Å². The van der Waals surface area contributed by atoms with Crippen molar-refractivity contribution >= 4 is 12.2 Å². The summed E-state index contributed by atoms with van der Waals surface area (Å²) in [7, 11) is 2.05. The lowest BCUT2D eigenvalue weighted by molar-refractivity contribution is 0.110. The zero-order valence-electron chi connectivity index (χ0n) is 10.9. The van der Waals surface area contributed by atoms with Gasteiger partial charge in [-0.05, 0) is 37.2 Å². The normalized spacial score (nSPS) is 20.2. The van der Waals surface area contributed by atoms with Crippen molar-refractivity contribution in [1.29, 1.82) is 0 Å². The maximum absolute atomic E-state index is 10.6. The van der Waals surface area contributed by atoms with Crippen LogP contribution in [0.4, 0.5) is 5.88 Å². The van der Waals surface area contributed by atoms with E-state index in [0.717, 1.165) is 12.2 Å². The van der Waals surface area contributed by atoms with Crippen LogP contribution in [-0.2, 0) is 0 Å². The Morgan fingerprint density at radius 3 is 2.53 bits per heavy atom. The minimum Gasteiger partial charge on any atom is -0.438 e. The fraction of sp³-hybridized carbons (Fsp3) is 0.643. The molecule has 1 heterocycles. The lowest BCUT2D eigenvalue weighted by atomic mass is 9.75. The molecule has 1 aliphatic carbocycles. The largest absolute Gasteiger partial charge is 0.438 e. The second kappa shape index (κ2) is 4.55. The Kier molecular flexibility index (Phi) is 3.27. The molecule has 0 aliphatic heterocycles. The zero-order valence-corrected chi connectivity index (χ0v) is 10.9. The SMILES string of the molecule is CN(c1ccc(C=O)o1)C1CCC(C)(C)CC1. The number of nitrogens with zero attached hydrogens (tertiary/aromatic N) is 1. The molecule has 0 N–H and O–H groups in total. The Morgan fingerprint density at radius 2 is 2.00 bits per heavy atom. The van der Waals surface area contributed by atoms with Crippen LogP contribution in [0.1, 0.15) is 50.1 Å². The molecule has 0 amide bonds. The average molecular weight is 235 g/mol. The van der Waals surface area contributed by atoms with E-state index in [-0.39, 0.29) is 0 Å². The van der Waals surface area contributed by atoms with Crippen LogP contribution >= 0.6 is 0 Å². The predicted molar refractivity (Wildman–Crippen MR) is 68.5 cm³/mol. The maximum Gasteiger partial charge on any atom is 0.196 e. The molecule has 3 nitrogen and oxygen atoms in total. The van der Waals surface area contributed by atoms with E-state index in [2.05, 4.69) is 25.8 Å². The molecule has 0 bridgehead atoms. The topological polar surface area (TPSA) is 33.5 Å². The first-order valence-corrected chi connectivity index (χ1v) is 6.30. The van der Waals surface area contributed by atoms with Crippen molar-refractivity contribution in [3.05, 3.63) is 17.9 Å². The van der Waals surface area contributed by atoms with Crippen molar-refractivity contribution in [3.8, 4) is 0 Å². The Balaban J connectivity index is 2.01. The molecule has 1 aromatic heterocycles. The molecular formula is C14H21NO2. The molecule has 2 rings (SSSR count). The molecule has 0 atom stereocenters. The molecule has 1 aliphatic rings. The van der Waals surface area contributed by atoms with E-state index in [4.69, 9.17) is 4.42 Å². The second-order valence-corrected chi connectivity index (χ2v) is 5.80. The molecule has 1 saturated carbocycles. The highest BCUT2D eigenvalue weighted by Gasteiger charge is 2.29. The van der Waals surface area contributed by atoms with Gasteiger partial charge in [0.25, 0.3) is 0 Å². The highest BCUT2D eigenvalue weighted by Crippen LogP contribution is 2.37. The van der Waals surface area contributed by atoms with Gasteiger partial charge in [-0.1, -0.05) is 13.8 Å². The van der Waals surface area contributed by atoms with Gasteiger partial charge < -0.3 is 9.32 Å². The Hall–Kier alpha value is -1.25. The summed E-state index contributed by atoms with van der Waals surface area (Å²) in [6.45, 7) is 4.67. The third kappa shape index (κ3) is 2.71. The van der Waals surface area contributed by atoms with Crippen LogP contribution in [0.2, 0.25) is 0 Å². The van der Waals surface area contributed by atoms with Crippen LogP contribution in [0.15, 0.2) is 16.5 Å². The summed E-state index contributed by atoms with van der Waals surface area (Å²) in [6.07, 6.45) is 5.65. The Labute approximate surface area is 103 Å². The number of carbonyl (C=O) groups excluding carboxylic acids is 1. The number of furan rings is 1. The summed E-state index contributed by atoms with van der Waals surface area (Å²) in [5.41, 5.74) is 0.481. The van der Waals surface area contributed by atoms with E-state index in [1.165, 1.54) is 25.7 Å². The third-order valence-corrected chi connectivity index (χ3v) is 3.93. The smallest absolute Gasteiger partial charge is 0.196 e. The van der Waals surface area contributed by atoms with Crippen molar-refractivity contribution < 1.29 is 9.21 Å². The van der Waals surface area contributed by atoms with Gasteiger partial charge in [-0.2, -0.15) is 0 Å². The van der Waals surface area contributed by atoms with Crippen molar-refractivity contribution in [3.63, 3.8) is 0 Å². The minimum absolute atomic E-state index is 0.406. The van der Waals surface area contributed by atoms with E-state index < -0.39 is 0 Å². The highest BCUT2D eigenvalue weighted by atomic mass is 16.4. The van der Waals surface area contributed by atoms with Crippen molar-refractivity contribution in [2.24, 2.45) is 5.41 Å². The number of hydrogen-bond acceptors (Lipinski definition) is 3. The summed E-state index contributed by atoms with van der Waals surface area (Å²) in [6, 6.07) is 4.14. The molecule has 0 spiro atoms. The number of carbonyl (C=O) groups is 1. The van der Waals surface area contributed by atoms with Crippen molar-refractivity contribution in [2.75, 3.05) is 11.9 Å². The highest BCUT2D eigenvalue weighted by molar-refractivity contribution is 5.71. The van der Waals surface area contributed by atoms with Gasteiger partial charge in [0.1, 0.15) is 0 Å². The third-order valence-electron chi connectivity index (χ3n) is 3.93. The lowest BCUT2D eigenvalue weighted by Gasteiger charge is -2.38. The Morgan fingerprint density at radius 1 is 1.35 bits per heavy atom. The number of anilines is 1. The number of rotatable bonds is 3. The minimum atomic E-state index is 0.406. The van der Waals surface area contributed by atoms with E-state index in [9.17, 15) is 4.79 Å². The Bertz CT molecular complexity index is 385. The zero-order chi connectivity index (χ0) is 12.5. The molecule has 0 radical (unpaired) electrons. The number of aldehydes is 1. The van der Waals surface area contributed by atoms with Gasteiger partial charge in [0, 0.05) is 19.2 Å². The first kappa shape index (κ1) is 12.2. The fourth-order valence-corrected chi connectivity index (χ4v) is 2.55. The quantitative estimate of drug-likeness (QED) is 0.752. The fourth-order valence-electron chi connectivity index (χ4n) is 2.55. The van der Waals surface area contributed by atoms with Gasteiger partial charge in [-0.15, -0.1) is 0 Å². The van der Waals surface area contributed by atoms with Gasteiger partial charge in [-0.3, -0.25) is 4.79 Å². The van der Waals surface area contributed by atoms with Gasteiger partial charge in [-0.25, -0.2) is 0 Å². The standard InChI is InChI=1S/C14H21NO2/c1-14(2)8-6-11(7-9-14)15(3)13-5-4-12(10-16)17-13/h4-5,10-11H,6-9H2,1-3H3. The van der Waals surface area contributed by atoms with Crippen LogP contribution in [-0.4, -0.2) is 19.4 Å². The van der Waals surface area contributed by atoms with Gasteiger partial charge in [0.05, 0.1) is 0 Å². The van der Waals surface area contributed by atoms with E-state index >= 15 is 0 Å². The average Bonchev–Trinajstić information content (AvgIpc) is 2.76. The molecular weight excluding hydrogens is 214 g/mol. The molecule has 17 heavy (non-hydrogen) atoms. The summed E-state index contributed by atoms with van der Waals surface area (Å²) in [5, 5.41) is 0. The summed E-state index contributed by atoms with van der Waals surface area (Å²) in [4.78, 5) is 12.8. The van der Waals surface area contributed by atoms with Crippen LogP contribution < -0.4 is 4.90 Å². The molecule has 0 aromatic carbocycles. The van der Waals surface area contributed by atoms with Gasteiger partial charge >= 0.3 is 0 Å². The summed E-state index contributed by atoms with van der Waals surface area (Å²) >= 11 is 0. The maximum atomic E-state index is 10.6. The molecule has 94 valence electrons.